The van der Waals surface area contributed by atoms with Gasteiger partial charge in [-0.15, -0.1) is 0 Å². The fourth-order valence-electron chi connectivity index (χ4n) is 2.17. The van der Waals surface area contributed by atoms with Crippen molar-refractivity contribution < 1.29 is 4.74 Å². The Morgan fingerprint density at radius 2 is 2.00 bits per heavy atom. The Balaban J connectivity index is 2.01. The predicted molar refractivity (Wildman–Crippen MR) is 70.0 cm³/mol. The second kappa shape index (κ2) is 4.64. The van der Waals surface area contributed by atoms with E-state index in [0.717, 1.165) is 18.6 Å². The quantitative estimate of drug-likeness (QED) is 0.766. The summed E-state index contributed by atoms with van der Waals surface area (Å²) in [6.07, 6.45) is 1.33. The van der Waals surface area contributed by atoms with Crippen LogP contribution in [-0.2, 0) is 11.2 Å². The van der Waals surface area contributed by atoms with Gasteiger partial charge < -0.3 is 4.74 Å². The highest BCUT2D eigenvalue weighted by molar-refractivity contribution is 5.68. The smallest absolute Gasteiger partial charge is 0.0991 e. The highest BCUT2D eigenvalue weighted by Gasteiger charge is 2.23. The lowest BCUT2D eigenvalue weighted by Gasteiger charge is -2.08. The lowest BCUT2D eigenvalue weighted by atomic mass is 9.96. The first-order valence-electron chi connectivity index (χ1n) is 6.07. The molecule has 1 unspecified atom stereocenters. The lowest BCUT2D eigenvalue weighted by Crippen LogP contribution is -1.96. The number of hydrogen-bond donors (Lipinski definition) is 0. The third-order valence-electron chi connectivity index (χ3n) is 3.17. The van der Waals surface area contributed by atoms with Gasteiger partial charge in [-0.2, -0.15) is 5.26 Å². The van der Waals surface area contributed by atoms with Crippen molar-refractivity contribution in [3.63, 3.8) is 0 Å². The first-order chi connectivity index (χ1) is 8.86. The zero-order chi connectivity index (χ0) is 12.4. The monoisotopic (exact) mass is 235 g/mol. The van der Waals surface area contributed by atoms with Gasteiger partial charge in [-0.25, -0.2) is 0 Å². The molecule has 18 heavy (non-hydrogen) atoms. The Morgan fingerprint density at radius 1 is 1.17 bits per heavy atom. The van der Waals surface area contributed by atoms with Crippen LogP contribution < -0.4 is 0 Å². The minimum Gasteiger partial charge on any atom is -0.373 e. The zero-order valence-corrected chi connectivity index (χ0v) is 9.97. The van der Waals surface area contributed by atoms with Crippen LogP contribution in [0.3, 0.4) is 0 Å². The predicted octanol–water partition coefficient (Wildman–Crippen LogP) is 3.17. The van der Waals surface area contributed by atoms with Crippen molar-refractivity contribution in [3.05, 3.63) is 59.7 Å². The Bertz CT molecular complexity index is 608. The second-order valence-corrected chi connectivity index (χ2v) is 4.51. The third kappa shape index (κ3) is 2.27. The molecule has 2 heteroatoms. The molecule has 3 rings (SSSR count). The van der Waals surface area contributed by atoms with Gasteiger partial charge in [0.05, 0.1) is 24.3 Å². The van der Waals surface area contributed by atoms with Gasteiger partial charge >= 0.3 is 0 Å². The van der Waals surface area contributed by atoms with Crippen LogP contribution in [0.2, 0.25) is 0 Å². The van der Waals surface area contributed by atoms with Crippen LogP contribution in [0.5, 0.6) is 0 Å². The van der Waals surface area contributed by atoms with Crippen molar-refractivity contribution in [3.8, 4) is 17.2 Å². The maximum absolute atomic E-state index is 8.96. The summed E-state index contributed by atoms with van der Waals surface area (Å²) in [5.74, 6) is 0. The molecule has 1 aliphatic heterocycles. The topological polar surface area (TPSA) is 36.3 Å². The number of nitrogens with zero attached hydrogens (tertiary/aromatic N) is 1. The van der Waals surface area contributed by atoms with Crippen LogP contribution in [0.15, 0.2) is 48.5 Å². The molecule has 1 atom stereocenters. The molecule has 0 aliphatic carbocycles. The Hall–Kier alpha value is -2.11. The van der Waals surface area contributed by atoms with Crippen LogP contribution >= 0.6 is 0 Å². The summed E-state index contributed by atoms with van der Waals surface area (Å²) in [7, 11) is 0. The molecule has 2 aromatic rings. The fourth-order valence-corrected chi connectivity index (χ4v) is 2.17. The first kappa shape index (κ1) is 11.0. The van der Waals surface area contributed by atoms with E-state index in [0.29, 0.717) is 11.7 Å². The highest BCUT2D eigenvalue weighted by atomic mass is 16.6. The van der Waals surface area contributed by atoms with Gasteiger partial charge in [0.15, 0.2) is 0 Å². The van der Waals surface area contributed by atoms with E-state index in [1.165, 1.54) is 11.1 Å². The normalized spacial score (nSPS) is 17.2. The van der Waals surface area contributed by atoms with E-state index in [1.54, 1.807) is 0 Å². The Morgan fingerprint density at radius 3 is 2.78 bits per heavy atom. The van der Waals surface area contributed by atoms with Crippen molar-refractivity contribution in [2.75, 3.05) is 6.61 Å². The average molecular weight is 235 g/mol. The van der Waals surface area contributed by atoms with Crippen LogP contribution in [0.1, 0.15) is 11.1 Å². The first-order valence-corrected chi connectivity index (χ1v) is 6.07. The number of ether oxygens (including phenoxy) is 1. The summed E-state index contributed by atoms with van der Waals surface area (Å²) < 4.78 is 5.30. The second-order valence-electron chi connectivity index (χ2n) is 4.51. The SMILES string of the molecule is N#Cc1cccc(-c2ccccc2CC2CO2)c1. The van der Waals surface area contributed by atoms with Crippen LogP contribution in [0, 0.1) is 11.3 Å². The standard InChI is InChI=1S/C16H13NO/c17-10-12-4-3-6-13(8-12)16-7-2-1-5-14(16)9-15-11-18-15/h1-8,15H,9,11H2. The summed E-state index contributed by atoms with van der Waals surface area (Å²) in [5.41, 5.74) is 4.29. The maximum atomic E-state index is 8.96. The van der Waals surface area contributed by atoms with Crippen molar-refractivity contribution in [2.45, 2.75) is 12.5 Å². The van der Waals surface area contributed by atoms with Crippen molar-refractivity contribution in [1.29, 1.82) is 5.26 Å². The molecular weight excluding hydrogens is 222 g/mol. The minimum absolute atomic E-state index is 0.380. The maximum Gasteiger partial charge on any atom is 0.0991 e. The molecule has 0 radical (unpaired) electrons. The number of hydrogen-bond acceptors (Lipinski definition) is 2. The third-order valence-corrected chi connectivity index (χ3v) is 3.17. The molecule has 0 bridgehead atoms. The number of epoxide rings is 1. The zero-order valence-electron chi connectivity index (χ0n) is 9.97. The van der Waals surface area contributed by atoms with Gasteiger partial charge in [0, 0.05) is 6.42 Å². The van der Waals surface area contributed by atoms with E-state index >= 15 is 0 Å². The molecule has 0 aromatic heterocycles. The van der Waals surface area contributed by atoms with Gasteiger partial charge in [0.2, 0.25) is 0 Å². The summed E-state index contributed by atoms with van der Waals surface area (Å²) in [6.45, 7) is 0.868. The van der Waals surface area contributed by atoms with Crippen LogP contribution in [0.4, 0.5) is 0 Å². The Kier molecular flexibility index (Phi) is 2.84. The van der Waals surface area contributed by atoms with E-state index in [-0.39, 0.29) is 0 Å². The number of benzene rings is 2. The Labute approximate surface area is 106 Å². The van der Waals surface area contributed by atoms with Gasteiger partial charge in [-0.3, -0.25) is 0 Å². The largest absolute Gasteiger partial charge is 0.373 e. The van der Waals surface area contributed by atoms with Crippen molar-refractivity contribution >= 4 is 0 Å². The van der Waals surface area contributed by atoms with E-state index in [9.17, 15) is 0 Å². The van der Waals surface area contributed by atoms with Crippen molar-refractivity contribution in [2.24, 2.45) is 0 Å². The molecule has 1 saturated heterocycles. The van der Waals surface area contributed by atoms with Crippen molar-refractivity contribution in [1.82, 2.24) is 0 Å². The molecule has 1 aliphatic rings. The molecule has 0 saturated carbocycles. The summed E-state index contributed by atoms with van der Waals surface area (Å²) >= 11 is 0. The number of rotatable bonds is 3. The molecule has 2 nitrogen and oxygen atoms in total. The molecule has 0 spiro atoms. The number of nitriles is 1. The molecule has 1 heterocycles. The van der Waals surface area contributed by atoms with Gasteiger partial charge in [-0.1, -0.05) is 36.4 Å². The summed E-state index contributed by atoms with van der Waals surface area (Å²) in [5, 5.41) is 8.96. The average Bonchev–Trinajstić information content (AvgIpc) is 3.23. The van der Waals surface area contributed by atoms with Gasteiger partial charge in [0.1, 0.15) is 0 Å². The summed E-state index contributed by atoms with van der Waals surface area (Å²) in [4.78, 5) is 0. The van der Waals surface area contributed by atoms with Gasteiger partial charge in [0.25, 0.3) is 0 Å². The van der Waals surface area contributed by atoms with E-state index in [1.807, 2.05) is 30.3 Å². The molecule has 1 fully saturated rings. The van der Waals surface area contributed by atoms with Crippen LogP contribution in [-0.4, -0.2) is 12.7 Å². The molecule has 0 N–H and O–H groups in total. The van der Waals surface area contributed by atoms with E-state index < -0.39 is 0 Å². The molecule has 0 amide bonds. The summed E-state index contributed by atoms with van der Waals surface area (Å²) in [6, 6.07) is 18.3. The van der Waals surface area contributed by atoms with Crippen LogP contribution in [0.25, 0.3) is 11.1 Å². The van der Waals surface area contributed by atoms with Gasteiger partial charge in [-0.05, 0) is 28.8 Å². The molecular formula is C16H13NO. The van der Waals surface area contributed by atoms with E-state index in [2.05, 4.69) is 24.3 Å². The highest BCUT2D eigenvalue weighted by Crippen LogP contribution is 2.27. The minimum atomic E-state index is 0.380. The lowest BCUT2D eigenvalue weighted by molar-refractivity contribution is 0.408. The van der Waals surface area contributed by atoms with E-state index in [4.69, 9.17) is 10.00 Å². The molecule has 2 aromatic carbocycles. The molecule has 88 valence electrons. The fraction of sp³-hybridized carbons (Fsp3) is 0.188.